The van der Waals surface area contributed by atoms with E-state index < -0.39 is 16.1 Å². The van der Waals surface area contributed by atoms with Crippen LogP contribution < -0.4 is 4.72 Å². The van der Waals surface area contributed by atoms with Gasteiger partial charge in [0.15, 0.2) is 0 Å². The summed E-state index contributed by atoms with van der Waals surface area (Å²) in [7, 11) is -3.72. The van der Waals surface area contributed by atoms with Crippen LogP contribution in [0.1, 0.15) is 32.8 Å². The molecular weight excluding hydrogens is 312 g/mol. The molecule has 21 heavy (non-hydrogen) atoms. The Bertz CT molecular complexity index is 649. The summed E-state index contributed by atoms with van der Waals surface area (Å²) in [6, 6.07) is 5.83. The molecule has 0 bridgehead atoms. The summed E-state index contributed by atoms with van der Waals surface area (Å²) in [5.41, 5.74) is -0.270. The number of nitrogens with one attached hydrogen (secondary N) is 1. The number of sulfonamides is 1. The number of rotatable bonds is 6. The summed E-state index contributed by atoms with van der Waals surface area (Å²) in [5.74, 6) is 0. The molecule has 0 saturated carbocycles. The average Bonchev–Trinajstić information content (AvgIpc) is 2.35. The van der Waals surface area contributed by atoms with Gasteiger partial charge >= 0.3 is 0 Å². The fourth-order valence-corrected chi connectivity index (χ4v) is 3.43. The van der Waals surface area contributed by atoms with Crippen LogP contribution in [0.5, 0.6) is 0 Å². The fourth-order valence-electron chi connectivity index (χ4n) is 2.00. The highest BCUT2D eigenvalue weighted by Crippen LogP contribution is 2.23. The predicted molar refractivity (Wildman–Crippen MR) is 81.4 cm³/mol. The van der Waals surface area contributed by atoms with Gasteiger partial charge in [-0.2, -0.15) is 5.26 Å². The third-order valence-electron chi connectivity index (χ3n) is 2.96. The number of nitrogens with zero attached hydrogens (tertiary/aromatic N) is 1. The van der Waals surface area contributed by atoms with Crippen molar-refractivity contribution in [1.82, 2.24) is 4.72 Å². The summed E-state index contributed by atoms with van der Waals surface area (Å²) >= 11 is 5.79. The Labute approximate surface area is 130 Å². The van der Waals surface area contributed by atoms with Gasteiger partial charge in [0.25, 0.3) is 0 Å². The topological polar surface area (TPSA) is 90.2 Å². The van der Waals surface area contributed by atoms with Crippen LogP contribution in [0.15, 0.2) is 23.1 Å². The molecule has 1 aromatic rings. The van der Waals surface area contributed by atoms with Crippen molar-refractivity contribution in [2.75, 3.05) is 6.54 Å². The van der Waals surface area contributed by atoms with E-state index in [9.17, 15) is 13.5 Å². The molecule has 0 aliphatic heterocycles. The molecule has 2 N–H and O–H groups in total. The lowest BCUT2D eigenvalue weighted by atomic mass is 9.87. The Morgan fingerprint density at radius 1 is 1.48 bits per heavy atom. The summed E-state index contributed by atoms with van der Waals surface area (Å²) in [5, 5.41) is 18.5. The first-order chi connectivity index (χ1) is 9.57. The zero-order valence-electron chi connectivity index (χ0n) is 12.2. The van der Waals surface area contributed by atoms with E-state index in [1.54, 1.807) is 6.92 Å². The average molecular weight is 331 g/mol. The van der Waals surface area contributed by atoms with Crippen molar-refractivity contribution in [2.45, 2.75) is 38.2 Å². The van der Waals surface area contributed by atoms with Crippen molar-refractivity contribution >= 4 is 21.6 Å². The quantitative estimate of drug-likeness (QED) is 0.837. The number of aliphatic hydroxyl groups is 1. The van der Waals surface area contributed by atoms with Gasteiger partial charge in [0, 0.05) is 6.54 Å². The molecule has 7 heteroatoms. The molecule has 116 valence electrons. The van der Waals surface area contributed by atoms with Crippen molar-refractivity contribution in [1.29, 1.82) is 5.26 Å². The number of aliphatic hydroxyl groups excluding tert-OH is 1. The van der Waals surface area contributed by atoms with Crippen LogP contribution in [0.2, 0.25) is 5.02 Å². The van der Waals surface area contributed by atoms with Gasteiger partial charge in [0.1, 0.15) is 6.07 Å². The maximum absolute atomic E-state index is 12.2. The van der Waals surface area contributed by atoms with Crippen molar-refractivity contribution in [3.63, 3.8) is 0 Å². The molecule has 0 fully saturated rings. The third-order valence-corrected chi connectivity index (χ3v) is 4.69. The molecule has 0 radical (unpaired) electrons. The van der Waals surface area contributed by atoms with Crippen molar-refractivity contribution in [3.8, 4) is 6.07 Å². The first-order valence-corrected chi connectivity index (χ1v) is 8.31. The van der Waals surface area contributed by atoms with Crippen LogP contribution in [0, 0.1) is 16.7 Å². The highest BCUT2D eigenvalue weighted by atomic mass is 35.5. The van der Waals surface area contributed by atoms with E-state index in [1.165, 1.54) is 18.2 Å². The van der Waals surface area contributed by atoms with Gasteiger partial charge < -0.3 is 5.11 Å². The zero-order chi connectivity index (χ0) is 16.3. The van der Waals surface area contributed by atoms with E-state index in [2.05, 4.69) is 4.72 Å². The lowest BCUT2D eigenvalue weighted by Gasteiger charge is -2.26. The van der Waals surface area contributed by atoms with Crippen LogP contribution in [-0.2, 0) is 10.0 Å². The van der Waals surface area contributed by atoms with Gasteiger partial charge in [0.05, 0.1) is 21.6 Å². The molecule has 0 spiro atoms. The summed E-state index contributed by atoms with van der Waals surface area (Å²) in [6.07, 6.45) is -0.0372. The second-order valence-electron chi connectivity index (χ2n) is 5.80. The SMILES string of the molecule is C[C@@H](O)CC(C)(C)CNS(=O)(=O)c1ccc(Cl)c(C#N)c1. The van der Waals surface area contributed by atoms with Crippen LogP contribution in [0.4, 0.5) is 0 Å². The standard InChI is InChI=1S/C14H19ClN2O3S/c1-10(18)7-14(2,3)9-17-21(19,20)12-4-5-13(15)11(6-12)8-16/h4-6,10,17-18H,7,9H2,1-3H3/t10-/m1/s1. The van der Waals surface area contributed by atoms with Gasteiger partial charge in [-0.05, 0) is 37.0 Å². The molecule has 1 rings (SSSR count). The van der Waals surface area contributed by atoms with E-state index in [4.69, 9.17) is 16.9 Å². The predicted octanol–water partition coefficient (Wildman–Crippen LogP) is 2.29. The molecule has 1 aromatic carbocycles. The van der Waals surface area contributed by atoms with Crippen LogP contribution >= 0.6 is 11.6 Å². The molecule has 0 aromatic heterocycles. The van der Waals surface area contributed by atoms with E-state index in [0.29, 0.717) is 6.42 Å². The van der Waals surface area contributed by atoms with Crippen molar-refractivity contribution < 1.29 is 13.5 Å². The molecule has 1 atom stereocenters. The van der Waals surface area contributed by atoms with Gasteiger partial charge in [-0.1, -0.05) is 25.4 Å². The molecule has 0 aliphatic carbocycles. The molecule has 0 heterocycles. The molecule has 5 nitrogen and oxygen atoms in total. The maximum Gasteiger partial charge on any atom is 0.240 e. The number of hydrogen-bond donors (Lipinski definition) is 2. The summed E-state index contributed by atoms with van der Waals surface area (Å²) < 4.78 is 26.9. The summed E-state index contributed by atoms with van der Waals surface area (Å²) in [4.78, 5) is -0.00343. The maximum atomic E-state index is 12.2. The fraction of sp³-hybridized carbons (Fsp3) is 0.500. The number of nitriles is 1. The lowest BCUT2D eigenvalue weighted by molar-refractivity contribution is 0.131. The van der Waals surface area contributed by atoms with Crippen molar-refractivity contribution in [2.24, 2.45) is 5.41 Å². The normalized spacial score (nSPS) is 13.7. The Morgan fingerprint density at radius 2 is 2.10 bits per heavy atom. The zero-order valence-corrected chi connectivity index (χ0v) is 13.8. The Hall–Kier alpha value is -1.13. The monoisotopic (exact) mass is 330 g/mol. The molecular formula is C14H19ClN2O3S. The molecule has 0 saturated heterocycles. The highest BCUT2D eigenvalue weighted by Gasteiger charge is 2.24. The van der Waals surface area contributed by atoms with E-state index in [0.717, 1.165) is 0 Å². The van der Waals surface area contributed by atoms with E-state index in [-0.39, 0.29) is 27.4 Å². The first-order valence-electron chi connectivity index (χ1n) is 6.45. The Kier molecular flexibility index (Phi) is 5.76. The van der Waals surface area contributed by atoms with E-state index in [1.807, 2.05) is 19.9 Å². The minimum absolute atomic E-state index is 0.00343. The second-order valence-corrected chi connectivity index (χ2v) is 7.97. The van der Waals surface area contributed by atoms with E-state index >= 15 is 0 Å². The van der Waals surface area contributed by atoms with Gasteiger partial charge in [0.2, 0.25) is 10.0 Å². The highest BCUT2D eigenvalue weighted by molar-refractivity contribution is 7.89. The van der Waals surface area contributed by atoms with Gasteiger partial charge in [-0.25, -0.2) is 13.1 Å². The smallest absolute Gasteiger partial charge is 0.240 e. The molecule has 0 unspecified atom stereocenters. The van der Waals surface area contributed by atoms with Crippen LogP contribution in [0.25, 0.3) is 0 Å². The number of benzene rings is 1. The lowest BCUT2D eigenvalue weighted by Crippen LogP contribution is -2.35. The molecule has 0 amide bonds. The van der Waals surface area contributed by atoms with Gasteiger partial charge in [-0.15, -0.1) is 0 Å². The van der Waals surface area contributed by atoms with Crippen LogP contribution in [-0.4, -0.2) is 26.2 Å². The number of hydrogen-bond acceptors (Lipinski definition) is 4. The van der Waals surface area contributed by atoms with Crippen LogP contribution in [0.3, 0.4) is 0 Å². The van der Waals surface area contributed by atoms with Gasteiger partial charge in [-0.3, -0.25) is 0 Å². The molecule has 0 aliphatic rings. The minimum Gasteiger partial charge on any atom is -0.393 e. The Morgan fingerprint density at radius 3 is 2.62 bits per heavy atom. The number of halogens is 1. The Balaban J connectivity index is 2.91. The van der Waals surface area contributed by atoms with Crippen molar-refractivity contribution in [3.05, 3.63) is 28.8 Å². The summed E-state index contributed by atoms with van der Waals surface area (Å²) in [6.45, 7) is 5.58. The minimum atomic E-state index is -3.72. The largest absolute Gasteiger partial charge is 0.393 e. The second kappa shape index (κ2) is 6.75. The first kappa shape index (κ1) is 17.9. The third kappa shape index (κ3) is 5.29.